The highest BCUT2D eigenvalue weighted by molar-refractivity contribution is 5.95. The average molecular weight is 216 g/mol. The number of rotatable bonds is 3. The Labute approximate surface area is 93.2 Å². The zero-order valence-electron chi connectivity index (χ0n) is 9.21. The lowest BCUT2D eigenvalue weighted by Gasteiger charge is -1.98. The minimum Gasteiger partial charge on any atom is -0.292 e. The first-order chi connectivity index (χ1) is 7.65. The fourth-order valence-electron chi connectivity index (χ4n) is 1.42. The lowest BCUT2D eigenvalue weighted by atomic mass is 10.1. The molecule has 2 heterocycles. The van der Waals surface area contributed by atoms with Crippen molar-refractivity contribution in [2.24, 2.45) is 7.05 Å². The molecular weight excluding hydrogens is 204 g/mol. The highest BCUT2D eigenvalue weighted by Crippen LogP contribution is 2.03. The van der Waals surface area contributed by atoms with Crippen molar-refractivity contribution >= 4 is 5.78 Å². The van der Waals surface area contributed by atoms with Gasteiger partial charge in [0.25, 0.3) is 0 Å². The molecule has 0 aliphatic rings. The van der Waals surface area contributed by atoms with Crippen LogP contribution in [0.25, 0.3) is 0 Å². The first-order valence-electron chi connectivity index (χ1n) is 4.96. The van der Waals surface area contributed by atoms with Gasteiger partial charge in [-0.2, -0.15) is 5.10 Å². The quantitative estimate of drug-likeness (QED) is 0.716. The molecule has 0 amide bonds. The molecule has 0 radical (unpaired) electrons. The fraction of sp³-hybridized carbons (Fsp3) is 0.273. The van der Waals surface area contributed by atoms with Crippen LogP contribution in [0.5, 0.6) is 0 Å². The van der Waals surface area contributed by atoms with Gasteiger partial charge in [-0.1, -0.05) is 0 Å². The van der Waals surface area contributed by atoms with Crippen LogP contribution in [0, 0.1) is 6.92 Å². The highest BCUT2D eigenvalue weighted by Gasteiger charge is 2.10. The topological polar surface area (TPSA) is 60.7 Å². The average Bonchev–Trinajstić information content (AvgIpc) is 2.64. The molecule has 0 fully saturated rings. The van der Waals surface area contributed by atoms with E-state index in [4.69, 9.17) is 0 Å². The molecule has 0 bridgehead atoms. The van der Waals surface area contributed by atoms with Crippen molar-refractivity contribution in [2.45, 2.75) is 13.3 Å². The summed E-state index contributed by atoms with van der Waals surface area (Å²) in [7, 11) is 1.82. The molecule has 0 atom stereocenters. The number of aromatic nitrogens is 4. The van der Waals surface area contributed by atoms with Crippen molar-refractivity contribution in [1.82, 2.24) is 19.7 Å². The molecule has 0 spiro atoms. The molecule has 16 heavy (non-hydrogen) atoms. The monoisotopic (exact) mass is 216 g/mol. The van der Waals surface area contributed by atoms with Crippen LogP contribution in [0.2, 0.25) is 0 Å². The largest absolute Gasteiger partial charge is 0.292 e. The number of carbonyl (C=O) groups excluding carboxylic acids is 1. The lowest BCUT2D eigenvalue weighted by molar-refractivity contribution is 0.0986. The van der Waals surface area contributed by atoms with Gasteiger partial charge in [0.05, 0.1) is 12.1 Å². The van der Waals surface area contributed by atoms with E-state index in [1.54, 1.807) is 23.9 Å². The molecule has 0 saturated carbocycles. The SMILES string of the molecule is Cc1nccc(C(=O)Cc2ccn(C)n2)n1. The van der Waals surface area contributed by atoms with Gasteiger partial charge in [-0.3, -0.25) is 9.48 Å². The third kappa shape index (κ3) is 2.31. The van der Waals surface area contributed by atoms with E-state index in [9.17, 15) is 4.79 Å². The second kappa shape index (κ2) is 4.22. The van der Waals surface area contributed by atoms with Gasteiger partial charge in [0.1, 0.15) is 11.5 Å². The molecule has 0 N–H and O–H groups in total. The normalized spacial score (nSPS) is 10.4. The van der Waals surface area contributed by atoms with E-state index in [2.05, 4.69) is 15.1 Å². The predicted octanol–water partition coefficient (Wildman–Crippen LogP) is 0.944. The maximum atomic E-state index is 11.8. The number of hydrogen-bond acceptors (Lipinski definition) is 4. The Hall–Kier alpha value is -2.04. The van der Waals surface area contributed by atoms with Crippen molar-refractivity contribution in [3.05, 3.63) is 41.7 Å². The van der Waals surface area contributed by atoms with E-state index in [0.717, 1.165) is 5.69 Å². The maximum absolute atomic E-state index is 11.8. The third-order valence-electron chi connectivity index (χ3n) is 2.17. The number of hydrogen-bond donors (Lipinski definition) is 0. The third-order valence-corrected chi connectivity index (χ3v) is 2.17. The summed E-state index contributed by atoms with van der Waals surface area (Å²) in [4.78, 5) is 19.9. The predicted molar refractivity (Wildman–Crippen MR) is 58.0 cm³/mol. The Morgan fingerprint density at radius 2 is 2.25 bits per heavy atom. The molecule has 0 aliphatic heterocycles. The van der Waals surface area contributed by atoms with E-state index >= 15 is 0 Å². The number of carbonyl (C=O) groups is 1. The molecule has 0 aromatic carbocycles. The number of Topliss-reactive ketones (excluding diaryl/α,β-unsaturated/α-hetero) is 1. The van der Waals surface area contributed by atoms with Crippen LogP contribution in [0.3, 0.4) is 0 Å². The van der Waals surface area contributed by atoms with Crippen molar-refractivity contribution in [3.63, 3.8) is 0 Å². The van der Waals surface area contributed by atoms with Gasteiger partial charge < -0.3 is 0 Å². The van der Waals surface area contributed by atoms with Gasteiger partial charge >= 0.3 is 0 Å². The molecule has 0 saturated heterocycles. The van der Waals surface area contributed by atoms with Gasteiger partial charge in [-0.15, -0.1) is 0 Å². The van der Waals surface area contributed by atoms with E-state index in [1.807, 2.05) is 19.3 Å². The molecular formula is C11H12N4O. The van der Waals surface area contributed by atoms with Crippen LogP contribution < -0.4 is 0 Å². The fourth-order valence-corrected chi connectivity index (χ4v) is 1.42. The minimum absolute atomic E-state index is 0.0378. The summed E-state index contributed by atoms with van der Waals surface area (Å²) < 4.78 is 1.67. The molecule has 5 heteroatoms. The Morgan fingerprint density at radius 3 is 2.88 bits per heavy atom. The highest BCUT2D eigenvalue weighted by atomic mass is 16.1. The smallest absolute Gasteiger partial charge is 0.187 e. The van der Waals surface area contributed by atoms with Crippen LogP contribution in [0.1, 0.15) is 22.0 Å². The summed E-state index contributed by atoms with van der Waals surface area (Å²) >= 11 is 0. The molecule has 0 aliphatic carbocycles. The molecule has 2 aromatic heterocycles. The van der Waals surface area contributed by atoms with Crippen LogP contribution in [0.15, 0.2) is 24.5 Å². The maximum Gasteiger partial charge on any atom is 0.187 e. The van der Waals surface area contributed by atoms with Gasteiger partial charge in [-0.05, 0) is 19.1 Å². The zero-order valence-corrected chi connectivity index (χ0v) is 9.21. The van der Waals surface area contributed by atoms with Crippen molar-refractivity contribution in [1.29, 1.82) is 0 Å². The standard InChI is InChI=1S/C11H12N4O/c1-8-12-5-3-10(13-8)11(16)7-9-4-6-15(2)14-9/h3-6H,7H2,1-2H3. The second-order valence-corrected chi connectivity index (χ2v) is 3.57. The Kier molecular flexibility index (Phi) is 2.76. The van der Waals surface area contributed by atoms with E-state index in [0.29, 0.717) is 11.5 Å². The van der Waals surface area contributed by atoms with Crippen molar-refractivity contribution in [3.8, 4) is 0 Å². The lowest BCUT2D eigenvalue weighted by Crippen LogP contribution is -2.08. The summed E-state index contributed by atoms with van der Waals surface area (Å²) in [6, 6.07) is 3.45. The van der Waals surface area contributed by atoms with Crippen molar-refractivity contribution < 1.29 is 4.79 Å². The van der Waals surface area contributed by atoms with Crippen molar-refractivity contribution in [2.75, 3.05) is 0 Å². The van der Waals surface area contributed by atoms with E-state index in [-0.39, 0.29) is 12.2 Å². The van der Waals surface area contributed by atoms with Gasteiger partial charge in [0.15, 0.2) is 5.78 Å². The molecule has 2 rings (SSSR count). The summed E-state index contributed by atoms with van der Waals surface area (Å²) in [5.74, 6) is 0.566. The van der Waals surface area contributed by atoms with E-state index < -0.39 is 0 Å². The molecule has 2 aromatic rings. The number of ketones is 1. The number of nitrogens with zero attached hydrogens (tertiary/aromatic N) is 4. The molecule has 5 nitrogen and oxygen atoms in total. The first kappa shape index (κ1) is 10.5. The second-order valence-electron chi connectivity index (χ2n) is 3.57. The summed E-state index contributed by atoms with van der Waals surface area (Å²) in [5, 5.41) is 4.15. The summed E-state index contributed by atoms with van der Waals surface area (Å²) in [6.45, 7) is 1.76. The Balaban J connectivity index is 2.14. The number of aryl methyl sites for hydroxylation is 2. The molecule has 0 unspecified atom stereocenters. The van der Waals surface area contributed by atoms with Crippen LogP contribution in [0.4, 0.5) is 0 Å². The minimum atomic E-state index is -0.0378. The Morgan fingerprint density at radius 1 is 1.44 bits per heavy atom. The van der Waals surface area contributed by atoms with Crippen LogP contribution in [-0.2, 0) is 13.5 Å². The van der Waals surface area contributed by atoms with Crippen LogP contribution >= 0.6 is 0 Å². The first-order valence-corrected chi connectivity index (χ1v) is 4.96. The van der Waals surface area contributed by atoms with E-state index in [1.165, 1.54) is 0 Å². The van der Waals surface area contributed by atoms with Gasteiger partial charge in [0, 0.05) is 19.4 Å². The Bertz CT molecular complexity index is 518. The van der Waals surface area contributed by atoms with Crippen LogP contribution in [-0.4, -0.2) is 25.5 Å². The van der Waals surface area contributed by atoms with Gasteiger partial charge in [0.2, 0.25) is 0 Å². The van der Waals surface area contributed by atoms with Gasteiger partial charge in [-0.25, -0.2) is 9.97 Å². The summed E-state index contributed by atoms with van der Waals surface area (Å²) in [5.41, 5.74) is 1.20. The zero-order chi connectivity index (χ0) is 11.5. The summed E-state index contributed by atoms with van der Waals surface area (Å²) in [6.07, 6.45) is 3.68. The molecule has 82 valence electrons.